The molecule has 180 valence electrons. The lowest BCUT2D eigenvalue weighted by molar-refractivity contribution is -0.123. The van der Waals surface area contributed by atoms with Crippen molar-refractivity contribution < 1.29 is 23.8 Å². The lowest BCUT2D eigenvalue weighted by atomic mass is 10.1. The molecule has 0 saturated carbocycles. The number of hydrogen-bond donors (Lipinski definition) is 0. The Morgan fingerprint density at radius 2 is 1.69 bits per heavy atom. The van der Waals surface area contributed by atoms with Gasteiger partial charge >= 0.3 is 0 Å². The van der Waals surface area contributed by atoms with E-state index in [9.17, 15) is 9.59 Å². The summed E-state index contributed by atoms with van der Waals surface area (Å²) in [5.74, 6) is 1.55. The summed E-state index contributed by atoms with van der Waals surface area (Å²) in [6.07, 6.45) is 1.70. The van der Waals surface area contributed by atoms with Crippen molar-refractivity contribution in [3.63, 3.8) is 0 Å². The number of carbonyl (C=O) groups excluding carboxylic acids is 2. The summed E-state index contributed by atoms with van der Waals surface area (Å²) in [5, 5.41) is -0.308. The zero-order valence-electron chi connectivity index (χ0n) is 19.1. The first kappa shape index (κ1) is 24.9. The van der Waals surface area contributed by atoms with E-state index < -0.39 is 0 Å². The number of imide groups is 1. The molecule has 0 aliphatic carbocycles. The molecule has 1 heterocycles. The Morgan fingerprint density at radius 3 is 2.43 bits per heavy atom. The van der Waals surface area contributed by atoms with E-state index in [4.69, 9.17) is 14.2 Å². The smallest absolute Gasteiger partial charge is 0.293 e. The van der Waals surface area contributed by atoms with Crippen molar-refractivity contribution >= 4 is 44.9 Å². The van der Waals surface area contributed by atoms with Crippen LogP contribution in [0.2, 0.25) is 0 Å². The molecule has 0 N–H and O–H groups in total. The fraction of sp³-hybridized carbons (Fsp3) is 0.185. The molecule has 4 rings (SSSR count). The van der Waals surface area contributed by atoms with Gasteiger partial charge in [-0.05, 0) is 72.3 Å². The number of nitrogens with zero attached hydrogens (tertiary/aromatic N) is 1. The van der Waals surface area contributed by atoms with Gasteiger partial charge in [0.15, 0.2) is 11.5 Å². The fourth-order valence-corrected chi connectivity index (χ4v) is 4.49. The first-order valence-corrected chi connectivity index (χ1v) is 12.7. The van der Waals surface area contributed by atoms with Crippen LogP contribution in [0, 0.1) is 0 Å². The summed E-state index contributed by atoms with van der Waals surface area (Å²) in [7, 11) is 0. The molecule has 1 saturated heterocycles. The molecule has 3 aromatic carbocycles. The second kappa shape index (κ2) is 12.0. The second-order valence-corrected chi connectivity index (χ2v) is 9.46. The van der Waals surface area contributed by atoms with E-state index >= 15 is 0 Å². The van der Waals surface area contributed by atoms with Crippen LogP contribution in [0.3, 0.4) is 0 Å². The van der Waals surface area contributed by atoms with Crippen LogP contribution in [-0.4, -0.2) is 35.8 Å². The van der Waals surface area contributed by atoms with Gasteiger partial charge in [0.25, 0.3) is 11.1 Å². The van der Waals surface area contributed by atoms with E-state index in [1.54, 1.807) is 6.08 Å². The van der Waals surface area contributed by atoms with Crippen LogP contribution in [0.1, 0.15) is 18.1 Å². The van der Waals surface area contributed by atoms with Gasteiger partial charge in [0.05, 0.1) is 18.1 Å². The number of halogens is 1. The molecule has 35 heavy (non-hydrogen) atoms. The van der Waals surface area contributed by atoms with Crippen LogP contribution in [-0.2, 0) is 11.4 Å². The number of carbonyl (C=O) groups is 2. The molecule has 0 unspecified atom stereocenters. The highest BCUT2D eigenvalue weighted by Gasteiger charge is 2.34. The molecule has 1 aliphatic heterocycles. The summed E-state index contributed by atoms with van der Waals surface area (Å²) >= 11 is 4.35. The molecular weight excluding hydrogens is 530 g/mol. The van der Waals surface area contributed by atoms with Gasteiger partial charge in [-0.2, -0.15) is 0 Å². The van der Waals surface area contributed by atoms with Gasteiger partial charge in [-0.15, -0.1) is 0 Å². The largest absolute Gasteiger partial charge is 0.492 e. The molecule has 0 spiro atoms. The topological polar surface area (TPSA) is 65.1 Å². The van der Waals surface area contributed by atoms with Gasteiger partial charge in [-0.25, -0.2) is 0 Å². The monoisotopic (exact) mass is 553 g/mol. The van der Waals surface area contributed by atoms with Gasteiger partial charge in [-0.1, -0.05) is 52.3 Å². The average molecular weight is 554 g/mol. The van der Waals surface area contributed by atoms with Crippen LogP contribution in [0.4, 0.5) is 4.79 Å². The van der Waals surface area contributed by atoms with Crippen LogP contribution < -0.4 is 14.2 Å². The molecule has 3 aromatic rings. The normalized spacial score (nSPS) is 14.5. The second-order valence-electron chi connectivity index (χ2n) is 7.55. The summed E-state index contributed by atoms with van der Waals surface area (Å²) in [6, 6.07) is 22.7. The maximum Gasteiger partial charge on any atom is 0.293 e. The first-order chi connectivity index (χ1) is 17.0. The SMILES string of the molecule is CCOc1cc(/C=C2\SC(=O)N(CCOc3ccccc3)C2=O)ccc1OCc1ccc(Br)cc1. The Balaban J connectivity index is 1.42. The summed E-state index contributed by atoms with van der Waals surface area (Å²) < 4.78 is 18.4. The van der Waals surface area contributed by atoms with Crippen molar-refractivity contribution in [2.45, 2.75) is 13.5 Å². The lowest BCUT2D eigenvalue weighted by Crippen LogP contribution is -2.32. The van der Waals surface area contributed by atoms with Gasteiger partial charge < -0.3 is 14.2 Å². The van der Waals surface area contributed by atoms with Gasteiger partial charge in [-0.3, -0.25) is 14.5 Å². The number of para-hydroxylation sites is 1. The third kappa shape index (κ3) is 6.68. The number of rotatable bonds is 10. The lowest BCUT2D eigenvalue weighted by Gasteiger charge is -2.13. The molecule has 0 radical (unpaired) electrons. The molecular formula is C27H24BrNO5S. The molecule has 0 aromatic heterocycles. The van der Waals surface area contributed by atoms with Crippen molar-refractivity contribution in [1.29, 1.82) is 0 Å². The highest BCUT2D eigenvalue weighted by Crippen LogP contribution is 2.35. The molecule has 0 bridgehead atoms. The van der Waals surface area contributed by atoms with Crippen molar-refractivity contribution in [2.75, 3.05) is 19.8 Å². The first-order valence-electron chi connectivity index (χ1n) is 11.1. The highest BCUT2D eigenvalue weighted by atomic mass is 79.9. The van der Waals surface area contributed by atoms with Crippen molar-refractivity contribution in [1.82, 2.24) is 4.90 Å². The van der Waals surface area contributed by atoms with Crippen molar-refractivity contribution in [3.8, 4) is 17.2 Å². The van der Waals surface area contributed by atoms with Crippen LogP contribution in [0.5, 0.6) is 17.2 Å². The summed E-state index contributed by atoms with van der Waals surface area (Å²) in [4.78, 5) is 26.8. The molecule has 1 fully saturated rings. The maximum atomic E-state index is 12.8. The molecule has 1 aliphatic rings. The van der Waals surface area contributed by atoms with Crippen molar-refractivity contribution in [2.24, 2.45) is 0 Å². The summed E-state index contributed by atoms with van der Waals surface area (Å²) in [5.41, 5.74) is 1.78. The number of amides is 2. The number of thioether (sulfide) groups is 1. The van der Waals surface area contributed by atoms with Crippen LogP contribution >= 0.6 is 27.7 Å². The van der Waals surface area contributed by atoms with E-state index in [-0.39, 0.29) is 24.3 Å². The Bertz CT molecular complexity index is 1210. The minimum absolute atomic E-state index is 0.184. The third-order valence-electron chi connectivity index (χ3n) is 5.07. The standard InChI is InChI=1S/C27H24BrNO5S/c1-2-32-24-16-20(10-13-23(24)34-18-19-8-11-21(28)12-9-19)17-25-26(30)29(27(31)35-25)14-15-33-22-6-4-3-5-7-22/h3-13,16-17H,2,14-15,18H2,1H3/b25-17-. The predicted molar refractivity (Wildman–Crippen MR) is 141 cm³/mol. The quantitative estimate of drug-likeness (QED) is 0.265. The fourth-order valence-electron chi connectivity index (χ4n) is 3.36. The molecule has 2 amide bonds. The Morgan fingerprint density at radius 1 is 0.914 bits per heavy atom. The van der Waals surface area contributed by atoms with E-state index in [1.165, 1.54) is 4.90 Å². The Kier molecular flexibility index (Phi) is 8.50. The van der Waals surface area contributed by atoms with E-state index in [0.29, 0.717) is 35.4 Å². The van der Waals surface area contributed by atoms with Gasteiger partial charge in [0.2, 0.25) is 0 Å². The molecule has 6 nitrogen and oxygen atoms in total. The van der Waals surface area contributed by atoms with Gasteiger partial charge in [0.1, 0.15) is 19.0 Å². The third-order valence-corrected chi connectivity index (χ3v) is 6.51. The molecule has 0 atom stereocenters. The van der Waals surface area contributed by atoms with E-state index in [0.717, 1.165) is 27.4 Å². The minimum atomic E-state index is -0.329. The van der Waals surface area contributed by atoms with Crippen molar-refractivity contribution in [3.05, 3.63) is 93.3 Å². The number of benzene rings is 3. The Labute approximate surface area is 217 Å². The molecule has 8 heteroatoms. The minimum Gasteiger partial charge on any atom is -0.492 e. The zero-order chi connectivity index (χ0) is 24.6. The number of ether oxygens (including phenoxy) is 3. The van der Waals surface area contributed by atoms with Crippen LogP contribution in [0.25, 0.3) is 6.08 Å². The number of hydrogen-bond acceptors (Lipinski definition) is 6. The Hall–Kier alpha value is -3.23. The van der Waals surface area contributed by atoms with E-state index in [2.05, 4.69) is 15.9 Å². The average Bonchev–Trinajstić information content (AvgIpc) is 3.13. The van der Waals surface area contributed by atoms with Crippen LogP contribution in [0.15, 0.2) is 82.2 Å². The van der Waals surface area contributed by atoms with E-state index in [1.807, 2.05) is 79.7 Å². The summed E-state index contributed by atoms with van der Waals surface area (Å²) in [6.45, 7) is 3.18. The zero-order valence-corrected chi connectivity index (χ0v) is 21.5. The highest BCUT2D eigenvalue weighted by molar-refractivity contribution is 9.10. The predicted octanol–water partition coefficient (Wildman–Crippen LogP) is 6.54. The van der Waals surface area contributed by atoms with Gasteiger partial charge in [0, 0.05) is 4.47 Å². The maximum absolute atomic E-state index is 12.8.